The molecule has 2 saturated carbocycles. The molecule has 0 aromatic carbocycles. The van der Waals surface area contributed by atoms with Crippen molar-refractivity contribution in [3.63, 3.8) is 0 Å². The number of aliphatic hydroxyl groups is 3. The molecule has 4 heterocycles. The summed E-state index contributed by atoms with van der Waals surface area (Å²) in [7, 11) is 0. The number of hydrogen-bond acceptors (Lipinski definition) is 10. The summed E-state index contributed by atoms with van der Waals surface area (Å²) in [5.41, 5.74) is 6.46. The molecule has 2 bridgehead atoms. The highest BCUT2D eigenvalue weighted by Gasteiger charge is 2.68. The normalized spacial score (nSPS) is 54.8. The first-order valence-electron chi connectivity index (χ1n) is 9.53. The number of epoxide rings is 1. The summed E-state index contributed by atoms with van der Waals surface area (Å²) in [4.78, 5) is 15.2. The quantitative estimate of drug-likeness (QED) is 0.403. The minimum atomic E-state index is -1.17. The highest BCUT2D eigenvalue weighted by atomic mass is 16.6. The molecule has 10 atom stereocenters. The van der Waals surface area contributed by atoms with E-state index in [2.05, 4.69) is 15.0 Å². The Balaban J connectivity index is 1.28. The summed E-state index contributed by atoms with van der Waals surface area (Å²) in [5, 5.41) is 29.8. The van der Waals surface area contributed by atoms with Crippen LogP contribution in [0.3, 0.4) is 0 Å². The number of nitrogens with two attached hydrogens (primary N) is 1. The highest BCUT2D eigenvalue weighted by Crippen LogP contribution is 2.61. The Morgan fingerprint density at radius 1 is 1.22 bits per heavy atom. The lowest BCUT2D eigenvalue weighted by atomic mass is 9.76. The molecular formula is C17H23N5O5. The topological polar surface area (TPSA) is 149 Å². The van der Waals surface area contributed by atoms with Gasteiger partial charge in [-0.1, -0.05) is 0 Å². The monoisotopic (exact) mass is 377 g/mol. The van der Waals surface area contributed by atoms with Gasteiger partial charge in [0.05, 0.1) is 18.8 Å². The van der Waals surface area contributed by atoms with Crippen LogP contribution in [-0.4, -0.2) is 93.8 Å². The van der Waals surface area contributed by atoms with Crippen molar-refractivity contribution in [1.29, 1.82) is 0 Å². The molecule has 2 saturated heterocycles. The first-order chi connectivity index (χ1) is 13.0. The van der Waals surface area contributed by atoms with E-state index in [1.54, 1.807) is 4.90 Å². The second-order valence-corrected chi connectivity index (χ2v) is 8.44. The van der Waals surface area contributed by atoms with Crippen molar-refractivity contribution < 1.29 is 24.8 Å². The van der Waals surface area contributed by atoms with E-state index in [1.807, 2.05) is 0 Å². The molecule has 0 amide bonds. The lowest BCUT2D eigenvalue weighted by Crippen LogP contribution is -2.60. The molecule has 4 fully saturated rings. The molecule has 4 aliphatic heterocycles. The number of nitrogens with zero attached hydrogens (tertiary/aromatic N) is 4. The van der Waals surface area contributed by atoms with Crippen LogP contribution in [0.1, 0.15) is 12.8 Å². The number of rotatable bonds is 3. The lowest BCUT2D eigenvalue weighted by Gasteiger charge is -2.38. The van der Waals surface area contributed by atoms with E-state index in [4.69, 9.17) is 15.2 Å². The van der Waals surface area contributed by atoms with Gasteiger partial charge in [-0.25, -0.2) is 9.98 Å². The van der Waals surface area contributed by atoms with Gasteiger partial charge in [-0.2, -0.15) is 0 Å². The van der Waals surface area contributed by atoms with Gasteiger partial charge < -0.3 is 35.4 Å². The van der Waals surface area contributed by atoms with Gasteiger partial charge in [-0.3, -0.25) is 4.99 Å². The Bertz CT molecular complexity index is 773. The maximum atomic E-state index is 10.4. The van der Waals surface area contributed by atoms with E-state index in [9.17, 15) is 15.3 Å². The Morgan fingerprint density at radius 2 is 2.07 bits per heavy atom. The average Bonchev–Trinajstić information content (AvgIpc) is 2.96. The lowest BCUT2D eigenvalue weighted by molar-refractivity contribution is -0.0688. The van der Waals surface area contributed by atoms with Crippen molar-refractivity contribution in [1.82, 2.24) is 4.90 Å². The molecule has 6 aliphatic rings. The van der Waals surface area contributed by atoms with Crippen molar-refractivity contribution in [3.05, 3.63) is 0 Å². The van der Waals surface area contributed by atoms with E-state index in [-0.39, 0.29) is 19.2 Å². The number of hydrogen-bond donors (Lipinski definition) is 4. The van der Waals surface area contributed by atoms with Gasteiger partial charge in [-0.05, 0) is 24.7 Å². The van der Waals surface area contributed by atoms with Gasteiger partial charge in [-0.15, -0.1) is 0 Å². The van der Waals surface area contributed by atoms with Crippen LogP contribution in [0.5, 0.6) is 0 Å². The van der Waals surface area contributed by atoms with E-state index in [0.717, 1.165) is 12.8 Å². The summed E-state index contributed by atoms with van der Waals surface area (Å²) in [6.45, 7) is -0.162. The predicted molar refractivity (Wildman–Crippen MR) is 93.1 cm³/mol. The van der Waals surface area contributed by atoms with Crippen LogP contribution in [0.4, 0.5) is 0 Å². The minimum absolute atomic E-state index is 0.150. The summed E-state index contributed by atoms with van der Waals surface area (Å²) >= 11 is 0. The van der Waals surface area contributed by atoms with E-state index >= 15 is 0 Å². The van der Waals surface area contributed by atoms with Gasteiger partial charge in [0.1, 0.15) is 37.0 Å². The maximum absolute atomic E-state index is 10.4. The number of ether oxygens (including phenoxy) is 2. The van der Waals surface area contributed by atoms with Gasteiger partial charge in [0, 0.05) is 5.92 Å². The Morgan fingerprint density at radius 3 is 2.78 bits per heavy atom. The minimum Gasteiger partial charge on any atom is -0.394 e. The van der Waals surface area contributed by atoms with Gasteiger partial charge in [0.15, 0.2) is 17.7 Å². The molecule has 10 nitrogen and oxygen atoms in total. The fourth-order valence-corrected chi connectivity index (χ4v) is 5.82. The molecule has 146 valence electrons. The van der Waals surface area contributed by atoms with Gasteiger partial charge >= 0.3 is 0 Å². The van der Waals surface area contributed by atoms with Crippen molar-refractivity contribution in [3.8, 4) is 0 Å². The Hall–Kier alpha value is -1.43. The predicted octanol–water partition coefficient (Wildman–Crippen LogP) is -2.34. The molecule has 6 unspecified atom stereocenters. The zero-order valence-electron chi connectivity index (χ0n) is 14.6. The zero-order valence-corrected chi connectivity index (χ0v) is 14.6. The third-order valence-electron chi connectivity index (χ3n) is 7.18. The molecule has 0 aromatic rings. The number of aliphatic imine (C=N–C) groups is 3. The van der Waals surface area contributed by atoms with Gasteiger partial charge in [0.2, 0.25) is 0 Å². The van der Waals surface area contributed by atoms with Gasteiger partial charge in [0.25, 0.3) is 0 Å². The van der Waals surface area contributed by atoms with Crippen molar-refractivity contribution >= 4 is 17.9 Å². The van der Waals surface area contributed by atoms with E-state index in [1.165, 1.54) is 6.34 Å². The van der Waals surface area contributed by atoms with Crippen molar-refractivity contribution in [2.75, 3.05) is 13.3 Å². The second kappa shape index (κ2) is 5.34. The zero-order chi connectivity index (χ0) is 18.5. The third-order valence-corrected chi connectivity index (χ3v) is 7.18. The van der Waals surface area contributed by atoms with Crippen LogP contribution in [0, 0.1) is 17.8 Å². The number of fused-ring (bicyclic) bond motifs is 6. The van der Waals surface area contributed by atoms with Crippen LogP contribution >= 0.6 is 0 Å². The molecule has 10 heteroatoms. The molecular weight excluding hydrogens is 354 g/mol. The fourth-order valence-electron chi connectivity index (χ4n) is 5.82. The van der Waals surface area contributed by atoms with Crippen molar-refractivity contribution in [2.45, 2.75) is 55.3 Å². The highest BCUT2D eigenvalue weighted by molar-refractivity contribution is 6.47. The smallest absolute Gasteiger partial charge is 0.162 e. The second-order valence-electron chi connectivity index (χ2n) is 8.44. The van der Waals surface area contributed by atoms with Crippen LogP contribution < -0.4 is 5.73 Å². The first kappa shape index (κ1) is 16.5. The third kappa shape index (κ3) is 2.03. The Kier molecular flexibility index (Phi) is 3.27. The summed E-state index contributed by atoms with van der Waals surface area (Å²) in [5.74, 6) is 1.63. The first-order valence-corrected chi connectivity index (χ1v) is 9.53. The van der Waals surface area contributed by atoms with Crippen molar-refractivity contribution in [2.24, 2.45) is 38.5 Å². The number of aliphatic hydroxyl groups excluding tert-OH is 3. The molecule has 0 radical (unpaired) electrons. The number of amidine groups is 1. The standard InChI is InChI=1S/C17H23N5O5/c18-17(8-2-6-1-7(8)13-12(6)27-13)14-15(19-4-21-17)22(5-20-14)16-11(25)10(24)9(3-23)26-16/h4,6-13,16,23-25H,1-3,5,18H2/t6?,7?,8?,9-,10-,11-,12?,13?,16-,17?/m1/s1. The van der Waals surface area contributed by atoms with Crippen LogP contribution in [0.15, 0.2) is 15.0 Å². The SMILES string of the molecule is NC1(C2CC3CC2C2OC32)N=CN=C2C1=NCN2[C@@H]1O[C@H](CO)[C@@H](O)[C@H]1O. The molecule has 5 N–H and O–H groups in total. The molecule has 2 aliphatic carbocycles. The van der Waals surface area contributed by atoms with Crippen LogP contribution in [0.2, 0.25) is 0 Å². The maximum Gasteiger partial charge on any atom is 0.162 e. The summed E-state index contributed by atoms with van der Waals surface area (Å²) in [6.07, 6.45) is 0.264. The fraction of sp³-hybridized carbons (Fsp3) is 0.824. The molecule has 0 spiro atoms. The van der Waals surface area contributed by atoms with Crippen LogP contribution in [-0.2, 0) is 9.47 Å². The summed E-state index contributed by atoms with van der Waals surface area (Å²) < 4.78 is 11.4. The molecule has 27 heavy (non-hydrogen) atoms. The van der Waals surface area contributed by atoms with Crippen LogP contribution in [0.25, 0.3) is 0 Å². The summed E-state index contributed by atoms with van der Waals surface area (Å²) in [6, 6.07) is 0. The molecule has 6 rings (SSSR count). The van der Waals surface area contributed by atoms with E-state index in [0.29, 0.717) is 35.6 Å². The average molecular weight is 377 g/mol. The largest absolute Gasteiger partial charge is 0.394 e. The van der Waals surface area contributed by atoms with E-state index < -0.39 is 30.2 Å². The Labute approximate surface area is 155 Å². The molecule has 0 aromatic heterocycles.